The topological polar surface area (TPSA) is 49.3 Å². The van der Waals surface area contributed by atoms with Crippen molar-refractivity contribution in [1.29, 1.82) is 0 Å². The number of amides is 1. The van der Waals surface area contributed by atoms with Crippen LogP contribution in [0.15, 0.2) is 12.1 Å². The molecule has 0 atom stereocenters. The first-order valence-electron chi connectivity index (χ1n) is 8.22. The largest absolute Gasteiger partial charge is 0.351 e. The monoisotopic (exact) mass is 302 g/mol. The van der Waals surface area contributed by atoms with Crippen molar-refractivity contribution >= 4 is 11.7 Å². The maximum Gasteiger partial charge on any atom is 0.225 e. The summed E-state index contributed by atoms with van der Waals surface area (Å²) in [5, 5.41) is 8.68. The molecule has 3 rings (SSSR count). The maximum absolute atomic E-state index is 12.2. The minimum atomic E-state index is 0.0262. The summed E-state index contributed by atoms with van der Waals surface area (Å²) in [6.07, 6.45) is 3.34. The van der Waals surface area contributed by atoms with Gasteiger partial charge in [-0.05, 0) is 25.0 Å². The van der Waals surface area contributed by atoms with E-state index in [9.17, 15) is 4.79 Å². The lowest BCUT2D eigenvalue weighted by molar-refractivity contribution is -0.139. The van der Waals surface area contributed by atoms with Crippen molar-refractivity contribution in [2.45, 2.75) is 51.5 Å². The molecule has 2 aliphatic rings. The van der Waals surface area contributed by atoms with Crippen LogP contribution in [0, 0.1) is 5.92 Å². The summed E-state index contributed by atoms with van der Waals surface area (Å²) >= 11 is 0. The lowest BCUT2D eigenvalue weighted by Gasteiger charge is -2.46. The van der Waals surface area contributed by atoms with Gasteiger partial charge in [0.1, 0.15) is 0 Å². The standard InChI is InChI=1S/C17H26N4O/c1-17(2,3)14-8-9-15(19-18-14)21-10-13(11-21)20(4)16(22)12-6-5-7-12/h8-9,12-13H,5-7,10-11H2,1-4H3. The number of hydrogen-bond acceptors (Lipinski definition) is 4. The molecule has 2 heterocycles. The van der Waals surface area contributed by atoms with Crippen LogP contribution in [0.4, 0.5) is 5.82 Å². The van der Waals surface area contributed by atoms with Crippen LogP contribution in [0.25, 0.3) is 0 Å². The van der Waals surface area contributed by atoms with Gasteiger partial charge in [-0.3, -0.25) is 4.79 Å². The van der Waals surface area contributed by atoms with Crippen molar-refractivity contribution in [2.75, 3.05) is 25.0 Å². The van der Waals surface area contributed by atoms with Crippen molar-refractivity contribution in [3.63, 3.8) is 0 Å². The van der Waals surface area contributed by atoms with E-state index >= 15 is 0 Å². The van der Waals surface area contributed by atoms with Gasteiger partial charge in [-0.2, -0.15) is 5.10 Å². The predicted octanol–water partition coefficient (Wildman–Crippen LogP) is 2.22. The zero-order chi connectivity index (χ0) is 15.9. The summed E-state index contributed by atoms with van der Waals surface area (Å²) < 4.78 is 0. The average molecular weight is 302 g/mol. The van der Waals surface area contributed by atoms with Gasteiger partial charge in [-0.15, -0.1) is 5.10 Å². The maximum atomic E-state index is 12.2. The van der Waals surface area contributed by atoms with Gasteiger partial charge in [0.25, 0.3) is 0 Å². The van der Waals surface area contributed by atoms with E-state index in [4.69, 9.17) is 0 Å². The lowest BCUT2D eigenvalue weighted by Crippen LogP contribution is -2.61. The number of carbonyl (C=O) groups excluding carboxylic acids is 1. The average Bonchev–Trinajstić information content (AvgIpc) is 2.34. The minimum absolute atomic E-state index is 0.0262. The normalized spacial score (nSPS) is 19.5. The molecule has 5 nitrogen and oxygen atoms in total. The minimum Gasteiger partial charge on any atom is -0.351 e. The van der Waals surface area contributed by atoms with Crippen LogP contribution in [0.3, 0.4) is 0 Å². The van der Waals surface area contributed by atoms with E-state index in [0.29, 0.717) is 11.9 Å². The molecule has 0 spiro atoms. The highest BCUT2D eigenvalue weighted by molar-refractivity contribution is 5.80. The SMILES string of the molecule is CN(C(=O)C1CCC1)C1CN(c2ccc(C(C)(C)C)nn2)C1. The van der Waals surface area contributed by atoms with Crippen molar-refractivity contribution in [3.05, 3.63) is 17.8 Å². The molecule has 0 unspecified atom stereocenters. The fourth-order valence-electron chi connectivity index (χ4n) is 2.90. The molecular formula is C17H26N4O. The van der Waals surface area contributed by atoms with Crippen LogP contribution >= 0.6 is 0 Å². The van der Waals surface area contributed by atoms with E-state index in [-0.39, 0.29) is 11.3 Å². The number of likely N-dealkylation sites (N-methyl/N-ethyl adjacent to an activating group) is 1. The van der Waals surface area contributed by atoms with E-state index in [1.165, 1.54) is 6.42 Å². The molecule has 120 valence electrons. The molecule has 1 aromatic rings. The Hall–Kier alpha value is -1.65. The first-order chi connectivity index (χ1) is 10.4. The smallest absolute Gasteiger partial charge is 0.225 e. The van der Waals surface area contributed by atoms with Crippen molar-refractivity contribution < 1.29 is 4.79 Å². The highest BCUT2D eigenvalue weighted by atomic mass is 16.2. The molecule has 2 fully saturated rings. The van der Waals surface area contributed by atoms with Crippen molar-refractivity contribution in [1.82, 2.24) is 15.1 Å². The Balaban J connectivity index is 1.55. The third-order valence-electron chi connectivity index (χ3n) is 4.95. The first kappa shape index (κ1) is 15.3. The molecule has 5 heteroatoms. The number of anilines is 1. The molecule has 22 heavy (non-hydrogen) atoms. The molecule has 1 aliphatic carbocycles. The fourth-order valence-corrected chi connectivity index (χ4v) is 2.90. The van der Waals surface area contributed by atoms with Gasteiger partial charge >= 0.3 is 0 Å². The van der Waals surface area contributed by atoms with Crippen molar-refractivity contribution in [3.8, 4) is 0 Å². The fraction of sp³-hybridized carbons (Fsp3) is 0.706. The Morgan fingerprint density at radius 3 is 2.36 bits per heavy atom. The molecule has 0 radical (unpaired) electrons. The predicted molar refractivity (Wildman–Crippen MR) is 86.8 cm³/mol. The van der Waals surface area contributed by atoms with Gasteiger partial charge in [0.2, 0.25) is 5.91 Å². The van der Waals surface area contributed by atoms with Crippen LogP contribution in [-0.2, 0) is 10.2 Å². The lowest BCUT2D eigenvalue weighted by atomic mass is 9.84. The Morgan fingerprint density at radius 1 is 1.23 bits per heavy atom. The Morgan fingerprint density at radius 2 is 1.91 bits per heavy atom. The zero-order valence-corrected chi connectivity index (χ0v) is 14.0. The van der Waals surface area contributed by atoms with Gasteiger partial charge in [-0.1, -0.05) is 27.2 Å². The van der Waals surface area contributed by atoms with E-state index in [1.807, 2.05) is 18.0 Å². The summed E-state index contributed by atoms with van der Waals surface area (Å²) in [6.45, 7) is 8.13. The summed E-state index contributed by atoms with van der Waals surface area (Å²) in [5.74, 6) is 1.52. The Labute approximate surface area is 132 Å². The summed E-state index contributed by atoms with van der Waals surface area (Å²) in [5.41, 5.74) is 1.03. The van der Waals surface area contributed by atoms with E-state index in [1.54, 1.807) is 0 Å². The van der Waals surface area contributed by atoms with Crippen molar-refractivity contribution in [2.24, 2.45) is 5.92 Å². The molecule has 1 aliphatic heterocycles. The number of hydrogen-bond donors (Lipinski definition) is 0. The molecular weight excluding hydrogens is 276 g/mol. The van der Waals surface area contributed by atoms with Crippen LogP contribution in [0.5, 0.6) is 0 Å². The Bertz CT molecular complexity index is 539. The van der Waals surface area contributed by atoms with E-state index in [0.717, 1.165) is 37.4 Å². The van der Waals surface area contributed by atoms with Gasteiger partial charge in [0.15, 0.2) is 5.82 Å². The van der Waals surface area contributed by atoms with Crippen LogP contribution in [0.2, 0.25) is 0 Å². The van der Waals surface area contributed by atoms with Gasteiger partial charge in [0, 0.05) is 31.5 Å². The van der Waals surface area contributed by atoms with Gasteiger partial charge < -0.3 is 9.80 Å². The molecule has 1 saturated carbocycles. The first-order valence-corrected chi connectivity index (χ1v) is 8.22. The summed E-state index contributed by atoms with van der Waals surface area (Å²) in [6, 6.07) is 4.41. The number of carbonyl (C=O) groups is 1. The Kier molecular flexibility index (Phi) is 3.83. The highest BCUT2D eigenvalue weighted by Crippen LogP contribution is 2.30. The zero-order valence-electron chi connectivity index (χ0n) is 14.0. The molecule has 1 saturated heterocycles. The summed E-state index contributed by atoms with van der Waals surface area (Å²) in [4.78, 5) is 16.4. The van der Waals surface area contributed by atoms with E-state index in [2.05, 4.69) is 41.9 Å². The van der Waals surface area contributed by atoms with Gasteiger partial charge in [-0.25, -0.2) is 0 Å². The van der Waals surface area contributed by atoms with Crippen LogP contribution in [-0.4, -0.2) is 47.2 Å². The number of aromatic nitrogens is 2. The van der Waals surface area contributed by atoms with E-state index < -0.39 is 0 Å². The van der Waals surface area contributed by atoms with Crippen LogP contribution < -0.4 is 4.90 Å². The molecule has 0 bridgehead atoms. The second-order valence-electron chi connectivity index (χ2n) is 7.66. The number of nitrogens with zero attached hydrogens (tertiary/aromatic N) is 4. The molecule has 0 N–H and O–H groups in total. The second-order valence-corrected chi connectivity index (χ2v) is 7.66. The third kappa shape index (κ3) is 2.81. The number of rotatable bonds is 3. The third-order valence-corrected chi connectivity index (χ3v) is 4.95. The highest BCUT2D eigenvalue weighted by Gasteiger charge is 2.37. The quantitative estimate of drug-likeness (QED) is 0.859. The summed E-state index contributed by atoms with van der Waals surface area (Å²) in [7, 11) is 1.94. The van der Waals surface area contributed by atoms with Crippen LogP contribution in [0.1, 0.15) is 45.7 Å². The van der Waals surface area contributed by atoms with Gasteiger partial charge in [0.05, 0.1) is 11.7 Å². The molecule has 0 aromatic carbocycles. The molecule has 1 amide bonds. The molecule has 1 aromatic heterocycles. The second kappa shape index (κ2) is 5.52.